The molecular weight excluding hydrogens is 166 g/mol. The number of isocyanates is 1. The molecule has 0 spiro atoms. The Hall–Kier alpha value is -0.890. The molecule has 2 atom stereocenters. The number of hydrogen-bond acceptors (Lipinski definition) is 3. The molecule has 0 aromatic rings. The molecule has 0 radical (unpaired) electrons. The summed E-state index contributed by atoms with van der Waals surface area (Å²) in [6.45, 7) is 0. The van der Waals surface area contributed by atoms with Crippen LogP contribution in [0.25, 0.3) is 0 Å². The zero-order valence-corrected chi connectivity index (χ0v) is 6.32. The molecule has 0 saturated heterocycles. The van der Waals surface area contributed by atoms with Crippen molar-refractivity contribution < 1.29 is 9.90 Å². The van der Waals surface area contributed by atoms with Crippen LogP contribution in [-0.2, 0) is 4.79 Å². The minimum Gasteiger partial charge on any atom is -0.369 e. The normalized spacial score (nSPS) is 34.9. The highest BCUT2D eigenvalue weighted by Gasteiger charge is 2.31. The van der Waals surface area contributed by atoms with Gasteiger partial charge in [0.25, 0.3) is 0 Å². The van der Waals surface area contributed by atoms with Gasteiger partial charge in [-0.25, -0.2) is 4.79 Å². The van der Waals surface area contributed by atoms with Crippen LogP contribution in [0.2, 0.25) is 0 Å². The quantitative estimate of drug-likeness (QED) is 0.360. The molecule has 3 nitrogen and oxygen atoms in total. The van der Waals surface area contributed by atoms with Crippen LogP contribution in [0.4, 0.5) is 0 Å². The number of allylic oxidation sites excluding steroid dienone is 2. The van der Waals surface area contributed by atoms with Crippen molar-refractivity contribution >= 4 is 17.7 Å². The lowest BCUT2D eigenvalue weighted by molar-refractivity contribution is 0.164. The molecule has 0 bridgehead atoms. The molecule has 58 valence electrons. The van der Waals surface area contributed by atoms with Gasteiger partial charge in [-0.15, -0.1) is 0 Å². The number of aliphatic hydroxyl groups is 1. The van der Waals surface area contributed by atoms with E-state index in [0.717, 1.165) is 0 Å². The Morgan fingerprint density at radius 3 is 2.91 bits per heavy atom. The molecule has 0 aromatic heterocycles. The van der Waals surface area contributed by atoms with Crippen LogP contribution in [0, 0.1) is 0 Å². The van der Waals surface area contributed by atoms with Gasteiger partial charge in [0.2, 0.25) is 6.08 Å². The fraction of sp³-hybridized carbons (Fsp3) is 0.286. The molecular formula is C7H6ClNO2. The molecule has 0 heterocycles. The van der Waals surface area contributed by atoms with Crippen LogP contribution in [0.15, 0.2) is 29.3 Å². The van der Waals surface area contributed by atoms with E-state index < -0.39 is 11.1 Å². The smallest absolute Gasteiger partial charge is 0.235 e. The van der Waals surface area contributed by atoms with Crippen LogP contribution >= 0.6 is 11.6 Å². The Labute approximate surface area is 68.7 Å². The minimum atomic E-state index is -1.58. The van der Waals surface area contributed by atoms with E-state index in [9.17, 15) is 9.90 Å². The highest BCUT2D eigenvalue weighted by atomic mass is 35.5. The Morgan fingerprint density at radius 1 is 1.64 bits per heavy atom. The third-order valence-corrected chi connectivity index (χ3v) is 1.69. The lowest BCUT2D eigenvalue weighted by Crippen LogP contribution is -2.32. The highest BCUT2D eigenvalue weighted by Crippen LogP contribution is 2.24. The second kappa shape index (κ2) is 3.01. The zero-order valence-electron chi connectivity index (χ0n) is 5.57. The molecule has 2 unspecified atom stereocenters. The monoisotopic (exact) mass is 171 g/mol. The largest absolute Gasteiger partial charge is 0.369 e. The van der Waals surface area contributed by atoms with Crippen molar-refractivity contribution in [1.29, 1.82) is 0 Å². The number of carbonyl (C=O) groups excluding carboxylic acids is 1. The van der Waals surface area contributed by atoms with Gasteiger partial charge in [-0.05, 0) is 6.08 Å². The average Bonchev–Trinajstić information content (AvgIpc) is 1.94. The lowest BCUT2D eigenvalue weighted by Gasteiger charge is -2.22. The van der Waals surface area contributed by atoms with E-state index in [1.165, 1.54) is 18.2 Å². The number of nitrogens with zero attached hydrogens (tertiary/aromatic N) is 1. The molecule has 0 amide bonds. The summed E-state index contributed by atoms with van der Waals surface area (Å²) in [6.07, 6.45) is 7.47. The van der Waals surface area contributed by atoms with Crippen LogP contribution in [0.3, 0.4) is 0 Å². The van der Waals surface area contributed by atoms with E-state index >= 15 is 0 Å². The fourth-order valence-corrected chi connectivity index (χ4v) is 0.978. The van der Waals surface area contributed by atoms with Crippen LogP contribution < -0.4 is 0 Å². The maximum Gasteiger partial charge on any atom is 0.235 e. The van der Waals surface area contributed by atoms with Gasteiger partial charge < -0.3 is 5.11 Å². The third-order valence-electron chi connectivity index (χ3n) is 1.34. The summed E-state index contributed by atoms with van der Waals surface area (Å²) in [7, 11) is 0. The van der Waals surface area contributed by atoms with E-state index in [1.807, 2.05) is 0 Å². The van der Waals surface area contributed by atoms with Crippen LogP contribution in [-0.4, -0.2) is 22.3 Å². The summed E-state index contributed by atoms with van der Waals surface area (Å²) in [5.41, 5.74) is 0. The molecule has 1 aliphatic carbocycles. The van der Waals surface area contributed by atoms with E-state index in [1.54, 1.807) is 12.2 Å². The van der Waals surface area contributed by atoms with Crippen LogP contribution in [0.5, 0.6) is 0 Å². The van der Waals surface area contributed by atoms with Crippen molar-refractivity contribution in [2.45, 2.75) is 11.1 Å². The molecule has 1 aliphatic rings. The summed E-state index contributed by atoms with van der Waals surface area (Å²) >= 11 is 5.56. The average molecular weight is 172 g/mol. The van der Waals surface area contributed by atoms with Gasteiger partial charge in [0, 0.05) is 0 Å². The number of aliphatic imine (C=N–C) groups is 1. The minimum absolute atomic E-state index is 0.730. The van der Waals surface area contributed by atoms with Crippen molar-refractivity contribution in [1.82, 2.24) is 0 Å². The van der Waals surface area contributed by atoms with E-state index in [2.05, 4.69) is 4.99 Å². The van der Waals surface area contributed by atoms with Gasteiger partial charge in [0.15, 0.2) is 5.06 Å². The summed E-state index contributed by atoms with van der Waals surface area (Å²) < 4.78 is 0. The maximum atomic E-state index is 9.84. The third kappa shape index (κ3) is 1.77. The first-order valence-electron chi connectivity index (χ1n) is 3.01. The summed E-state index contributed by atoms with van der Waals surface area (Å²) in [6, 6.07) is -0.730. The van der Waals surface area contributed by atoms with Crippen LogP contribution in [0.1, 0.15) is 0 Å². The fourth-order valence-electron chi connectivity index (χ4n) is 0.784. The summed E-state index contributed by atoms with van der Waals surface area (Å²) in [5.74, 6) is 0. The Kier molecular flexibility index (Phi) is 2.25. The predicted molar refractivity (Wildman–Crippen MR) is 41.0 cm³/mol. The van der Waals surface area contributed by atoms with Crippen molar-refractivity contribution in [3.05, 3.63) is 24.3 Å². The second-order valence-corrected chi connectivity index (χ2v) is 2.74. The van der Waals surface area contributed by atoms with Gasteiger partial charge >= 0.3 is 0 Å². The molecule has 1 rings (SSSR count). The predicted octanol–water partition coefficient (Wildman–Crippen LogP) is 0.744. The lowest BCUT2D eigenvalue weighted by atomic mass is 10.1. The molecule has 0 aliphatic heterocycles. The SMILES string of the molecule is O=C=NC1C=CC=CC1(O)Cl. The van der Waals surface area contributed by atoms with E-state index in [0.29, 0.717) is 0 Å². The molecule has 0 saturated carbocycles. The Morgan fingerprint density at radius 2 is 2.36 bits per heavy atom. The van der Waals surface area contributed by atoms with Gasteiger partial charge in [-0.2, -0.15) is 4.99 Å². The first kappa shape index (κ1) is 8.21. The van der Waals surface area contributed by atoms with E-state index in [-0.39, 0.29) is 0 Å². The first-order valence-corrected chi connectivity index (χ1v) is 3.39. The topological polar surface area (TPSA) is 49.7 Å². The van der Waals surface area contributed by atoms with Crippen molar-refractivity contribution in [3.8, 4) is 0 Å². The molecule has 0 fully saturated rings. The summed E-state index contributed by atoms with van der Waals surface area (Å²) in [4.78, 5) is 13.2. The Bertz CT molecular complexity index is 251. The van der Waals surface area contributed by atoms with Crippen molar-refractivity contribution in [2.75, 3.05) is 0 Å². The molecule has 1 N–H and O–H groups in total. The Balaban J connectivity index is 2.88. The van der Waals surface area contributed by atoms with Crippen molar-refractivity contribution in [3.63, 3.8) is 0 Å². The standard InChI is InChI=1S/C7H6ClNO2/c8-7(11)4-2-1-3-6(7)9-5-10/h1-4,6,11H. The molecule has 0 aromatic carbocycles. The van der Waals surface area contributed by atoms with Gasteiger partial charge in [0.05, 0.1) is 0 Å². The molecule has 4 heteroatoms. The highest BCUT2D eigenvalue weighted by molar-refractivity contribution is 6.24. The first-order chi connectivity index (χ1) is 5.17. The maximum absolute atomic E-state index is 9.84. The van der Waals surface area contributed by atoms with Gasteiger partial charge in [-0.1, -0.05) is 29.8 Å². The van der Waals surface area contributed by atoms with Gasteiger partial charge in [0.1, 0.15) is 6.04 Å². The van der Waals surface area contributed by atoms with E-state index in [4.69, 9.17) is 11.6 Å². The number of alkyl halides is 1. The second-order valence-electron chi connectivity index (χ2n) is 2.14. The number of halogens is 1. The number of rotatable bonds is 1. The van der Waals surface area contributed by atoms with Crippen molar-refractivity contribution in [2.24, 2.45) is 4.99 Å². The molecule has 11 heavy (non-hydrogen) atoms. The summed E-state index contributed by atoms with van der Waals surface area (Å²) in [5, 5.41) is 7.74. The zero-order chi connectivity index (χ0) is 8.32. The number of hydrogen-bond donors (Lipinski definition) is 1. The van der Waals surface area contributed by atoms with Gasteiger partial charge in [-0.3, -0.25) is 0 Å².